The van der Waals surface area contributed by atoms with Crippen molar-refractivity contribution < 1.29 is 19.0 Å². The molecule has 0 radical (unpaired) electrons. The molecule has 0 aromatic heterocycles. The summed E-state index contributed by atoms with van der Waals surface area (Å²) in [5, 5.41) is 21.7. The molecule has 0 amide bonds. The van der Waals surface area contributed by atoms with E-state index < -0.39 is 17.7 Å². The minimum absolute atomic E-state index is 0.00863. The second-order valence-corrected chi connectivity index (χ2v) is 5.21. The van der Waals surface area contributed by atoms with Gasteiger partial charge < -0.3 is 15.5 Å². The first-order chi connectivity index (χ1) is 9.38. The van der Waals surface area contributed by atoms with Crippen LogP contribution in [0.15, 0.2) is 34.8 Å². The predicted molar refractivity (Wildman–Crippen MR) is 75.9 cm³/mol. The van der Waals surface area contributed by atoms with Crippen LogP contribution in [-0.4, -0.2) is 10.2 Å². The van der Waals surface area contributed by atoms with Crippen molar-refractivity contribution in [1.82, 2.24) is 0 Å². The molecule has 6 heteroatoms. The number of phenols is 2. The molecule has 2 aromatic rings. The highest BCUT2D eigenvalue weighted by atomic mass is 79.9. The molecule has 2 rings (SSSR count). The van der Waals surface area contributed by atoms with E-state index in [4.69, 9.17) is 0 Å². The minimum atomic E-state index is -0.608. The molecule has 0 saturated carbocycles. The van der Waals surface area contributed by atoms with Crippen LogP contribution in [0.4, 0.5) is 14.5 Å². The van der Waals surface area contributed by atoms with Crippen LogP contribution >= 0.6 is 15.9 Å². The zero-order chi connectivity index (χ0) is 14.9. The minimum Gasteiger partial charge on any atom is -0.508 e. The summed E-state index contributed by atoms with van der Waals surface area (Å²) in [5.74, 6) is -1.39. The lowest BCUT2D eigenvalue weighted by molar-refractivity contribution is 0.444. The molecule has 3 nitrogen and oxygen atoms in total. The second-order valence-electron chi connectivity index (χ2n) is 4.36. The Kier molecular flexibility index (Phi) is 4.13. The third-order valence-electron chi connectivity index (χ3n) is 2.86. The molecule has 0 heterocycles. The summed E-state index contributed by atoms with van der Waals surface area (Å²) in [6.45, 7) is 1.69. The Morgan fingerprint density at radius 3 is 2.45 bits per heavy atom. The van der Waals surface area contributed by atoms with Gasteiger partial charge in [-0.2, -0.15) is 0 Å². The van der Waals surface area contributed by atoms with Gasteiger partial charge in [0.1, 0.15) is 23.1 Å². The van der Waals surface area contributed by atoms with E-state index in [9.17, 15) is 19.0 Å². The topological polar surface area (TPSA) is 52.5 Å². The maximum Gasteiger partial charge on any atom is 0.147 e. The van der Waals surface area contributed by atoms with E-state index in [0.29, 0.717) is 5.56 Å². The Balaban J connectivity index is 2.27. The van der Waals surface area contributed by atoms with Crippen LogP contribution in [0.5, 0.6) is 11.5 Å². The van der Waals surface area contributed by atoms with Gasteiger partial charge in [-0.25, -0.2) is 8.78 Å². The predicted octanol–water partition coefficient (Wildman–Crippen LogP) is 4.31. The average Bonchev–Trinajstić information content (AvgIpc) is 2.35. The van der Waals surface area contributed by atoms with Crippen LogP contribution in [-0.2, 0) is 0 Å². The van der Waals surface area contributed by atoms with Crippen molar-refractivity contribution >= 4 is 21.6 Å². The van der Waals surface area contributed by atoms with Crippen LogP contribution in [0, 0.1) is 11.6 Å². The first-order valence-corrected chi connectivity index (χ1v) is 6.60. The molecule has 0 bridgehead atoms. The summed E-state index contributed by atoms with van der Waals surface area (Å²) in [7, 11) is 0. The van der Waals surface area contributed by atoms with Crippen molar-refractivity contribution in [2.45, 2.75) is 13.0 Å². The maximum absolute atomic E-state index is 13.7. The molecule has 1 atom stereocenters. The van der Waals surface area contributed by atoms with Gasteiger partial charge in [0.2, 0.25) is 0 Å². The molecule has 0 aliphatic carbocycles. The van der Waals surface area contributed by atoms with E-state index in [2.05, 4.69) is 21.2 Å². The zero-order valence-corrected chi connectivity index (χ0v) is 12.1. The van der Waals surface area contributed by atoms with E-state index >= 15 is 0 Å². The molecule has 0 fully saturated rings. The highest BCUT2D eigenvalue weighted by Gasteiger charge is 2.14. The van der Waals surface area contributed by atoms with Crippen molar-refractivity contribution in [3.63, 3.8) is 0 Å². The molecule has 3 N–H and O–H groups in total. The Hall–Kier alpha value is -1.82. The summed E-state index contributed by atoms with van der Waals surface area (Å²) in [6.07, 6.45) is 0. The lowest BCUT2D eigenvalue weighted by Crippen LogP contribution is -2.08. The molecule has 0 aliphatic rings. The largest absolute Gasteiger partial charge is 0.508 e. The molecule has 0 saturated heterocycles. The Bertz CT molecular complexity index is 649. The van der Waals surface area contributed by atoms with Crippen molar-refractivity contribution in [1.29, 1.82) is 0 Å². The van der Waals surface area contributed by atoms with Gasteiger partial charge in [0.05, 0.1) is 16.2 Å². The number of phenolic OH excluding ortho intramolecular Hbond substituents is 2. The first kappa shape index (κ1) is 14.6. The summed E-state index contributed by atoms with van der Waals surface area (Å²) in [4.78, 5) is 0. The Morgan fingerprint density at radius 1 is 1.10 bits per heavy atom. The van der Waals surface area contributed by atoms with Crippen LogP contribution in [0.1, 0.15) is 18.5 Å². The fourth-order valence-electron chi connectivity index (χ4n) is 1.84. The number of benzene rings is 2. The lowest BCUT2D eigenvalue weighted by Gasteiger charge is -2.17. The van der Waals surface area contributed by atoms with E-state index in [-0.39, 0.29) is 21.7 Å². The highest BCUT2D eigenvalue weighted by Crippen LogP contribution is 2.31. The van der Waals surface area contributed by atoms with Crippen LogP contribution < -0.4 is 5.32 Å². The summed E-state index contributed by atoms with van der Waals surface area (Å²) in [5.41, 5.74) is 0.455. The van der Waals surface area contributed by atoms with Crippen molar-refractivity contribution in [2.75, 3.05) is 5.32 Å². The van der Waals surface area contributed by atoms with E-state index in [1.54, 1.807) is 6.92 Å². The number of nitrogens with one attached hydrogen (secondary N) is 1. The Morgan fingerprint density at radius 2 is 1.80 bits per heavy atom. The van der Waals surface area contributed by atoms with Gasteiger partial charge >= 0.3 is 0 Å². The number of rotatable bonds is 3. The standard InChI is InChI=1S/C14H12BrF2NO2/c1-7(9-3-2-8(19)4-14(9)20)18-13-6-11(16)10(15)5-12(13)17/h2-7,18-20H,1H3. The van der Waals surface area contributed by atoms with Gasteiger partial charge in [0, 0.05) is 17.7 Å². The quantitative estimate of drug-likeness (QED) is 0.728. The first-order valence-electron chi connectivity index (χ1n) is 5.81. The number of halogens is 3. The SMILES string of the molecule is CC(Nc1cc(F)c(Br)cc1F)c1ccc(O)cc1O. The Labute approximate surface area is 123 Å². The summed E-state index contributed by atoms with van der Waals surface area (Å²) >= 11 is 2.90. The van der Waals surface area contributed by atoms with E-state index in [0.717, 1.165) is 12.1 Å². The van der Waals surface area contributed by atoms with Crippen molar-refractivity contribution in [2.24, 2.45) is 0 Å². The molecule has 0 aliphatic heterocycles. The van der Waals surface area contributed by atoms with Crippen molar-refractivity contribution in [3.05, 3.63) is 52.0 Å². The third kappa shape index (κ3) is 3.01. The molecule has 106 valence electrons. The number of aromatic hydroxyl groups is 2. The van der Waals surface area contributed by atoms with Gasteiger partial charge in [0.25, 0.3) is 0 Å². The molecule has 1 unspecified atom stereocenters. The molecule has 0 spiro atoms. The van der Waals surface area contributed by atoms with Gasteiger partial charge in [-0.15, -0.1) is 0 Å². The fourth-order valence-corrected chi connectivity index (χ4v) is 2.16. The fraction of sp³-hybridized carbons (Fsp3) is 0.143. The molecular formula is C14H12BrF2NO2. The van der Waals surface area contributed by atoms with Gasteiger partial charge in [-0.3, -0.25) is 0 Å². The smallest absolute Gasteiger partial charge is 0.147 e. The van der Waals surface area contributed by atoms with Crippen LogP contribution in [0.2, 0.25) is 0 Å². The van der Waals surface area contributed by atoms with Gasteiger partial charge in [-0.1, -0.05) is 0 Å². The number of hydrogen-bond donors (Lipinski definition) is 3. The summed E-state index contributed by atoms with van der Waals surface area (Å²) in [6, 6.07) is 5.70. The molecule has 20 heavy (non-hydrogen) atoms. The van der Waals surface area contributed by atoms with Crippen LogP contribution in [0.3, 0.4) is 0 Å². The van der Waals surface area contributed by atoms with Crippen molar-refractivity contribution in [3.8, 4) is 11.5 Å². The maximum atomic E-state index is 13.7. The summed E-state index contributed by atoms with van der Waals surface area (Å²) < 4.78 is 27.2. The monoisotopic (exact) mass is 343 g/mol. The number of anilines is 1. The number of hydrogen-bond acceptors (Lipinski definition) is 3. The van der Waals surface area contributed by atoms with E-state index in [1.165, 1.54) is 18.2 Å². The van der Waals surface area contributed by atoms with E-state index in [1.807, 2.05) is 0 Å². The normalized spacial score (nSPS) is 12.2. The van der Waals surface area contributed by atoms with Gasteiger partial charge in [-0.05, 0) is 41.1 Å². The molecular weight excluding hydrogens is 332 g/mol. The van der Waals surface area contributed by atoms with Gasteiger partial charge in [0.15, 0.2) is 0 Å². The van der Waals surface area contributed by atoms with Crippen LogP contribution in [0.25, 0.3) is 0 Å². The molecule has 2 aromatic carbocycles. The third-order valence-corrected chi connectivity index (χ3v) is 3.47. The average molecular weight is 344 g/mol. The second kappa shape index (κ2) is 5.66. The lowest BCUT2D eigenvalue weighted by atomic mass is 10.1. The zero-order valence-electron chi connectivity index (χ0n) is 10.5. The highest BCUT2D eigenvalue weighted by molar-refractivity contribution is 9.10.